The highest BCUT2D eigenvalue weighted by atomic mass is 16.4. The van der Waals surface area contributed by atoms with E-state index in [2.05, 4.69) is 0 Å². The second kappa shape index (κ2) is 4.92. The molecule has 18 heavy (non-hydrogen) atoms. The van der Waals surface area contributed by atoms with Crippen molar-refractivity contribution in [2.24, 2.45) is 0 Å². The number of phenolic OH excluding ortho intramolecular Hbond substituents is 1. The molecule has 0 fully saturated rings. The van der Waals surface area contributed by atoms with Crippen molar-refractivity contribution in [3.05, 3.63) is 54.1 Å². The maximum absolute atomic E-state index is 11.1. The van der Waals surface area contributed by atoms with Crippen molar-refractivity contribution in [1.29, 1.82) is 0 Å². The van der Waals surface area contributed by atoms with Crippen LogP contribution in [0.25, 0.3) is 11.1 Å². The summed E-state index contributed by atoms with van der Waals surface area (Å²) in [6, 6.07) is 14.2. The molecule has 0 aliphatic rings. The average molecular weight is 242 g/mol. The normalized spacial score (nSPS) is 12.1. The lowest BCUT2D eigenvalue weighted by Crippen LogP contribution is -2.08. The SMILES string of the molecule is CC(C(=O)O)c1ccccc1-c1ccc(O)cc1. The van der Waals surface area contributed by atoms with Gasteiger partial charge in [0.25, 0.3) is 0 Å². The Morgan fingerprint density at radius 2 is 1.67 bits per heavy atom. The van der Waals surface area contributed by atoms with Crippen LogP contribution in [0.15, 0.2) is 48.5 Å². The monoisotopic (exact) mass is 242 g/mol. The van der Waals surface area contributed by atoms with Crippen molar-refractivity contribution in [3.63, 3.8) is 0 Å². The van der Waals surface area contributed by atoms with Crippen LogP contribution < -0.4 is 0 Å². The highest BCUT2D eigenvalue weighted by molar-refractivity contribution is 5.80. The first-order chi connectivity index (χ1) is 8.59. The van der Waals surface area contributed by atoms with Gasteiger partial charge in [0.1, 0.15) is 5.75 Å². The Hall–Kier alpha value is -2.29. The average Bonchev–Trinajstić information content (AvgIpc) is 2.39. The third kappa shape index (κ3) is 2.35. The number of aromatic hydroxyl groups is 1. The highest BCUT2D eigenvalue weighted by Crippen LogP contribution is 2.30. The molecule has 0 saturated carbocycles. The number of aliphatic carboxylic acids is 1. The summed E-state index contributed by atoms with van der Waals surface area (Å²) in [5.74, 6) is -1.21. The number of hydrogen-bond acceptors (Lipinski definition) is 2. The molecule has 2 rings (SSSR count). The van der Waals surface area contributed by atoms with Crippen molar-refractivity contribution < 1.29 is 15.0 Å². The van der Waals surface area contributed by atoms with Crippen molar-refractivity contribution in [1.82, 2.24) is 0 Å². The Labute approximate surface area is 105 Å². The van der Waals surface area contributed by atoms with Gasteiger partial charge in [-0.3, -0.25) is 4.79 Å². The van der Waals surface area contributed by atoms with Crippen molar-refractivity contribution in [2.75, 3.05) is 0 Å². The van der Waals surface area contributed by atoms with E-state index in [0.29, 0.717) is 0 Å². The van der Waals surface area contributed by atoms with Crippen LogP contribution in [0.2, 0.25) is 0 Å². The summed E-state index contributed by atoms with van der Waals surface area (Å²) in [4.78, 5) is 11.1. The van der Waals surface area contributed by atoms with Crippen molar-refractivity contribution >= 4 is 5.97 Å². The van der Waals surface area contributed by atoms with E-state index in [1.807, 2.05) is 24.3 Å². The summed E-state index contributed by atoms with van der Waals surface area (Å²) in [6.07, 6.45) is 0. The predicted molar refractivity (Wildman–Crippen MR) is 69.6 cm³/mol. The molecule has 0 heterocycles. The zero-order chi connectivity index (χ0) is 13.1. The Morgan fingerprint density at radius 3 is 2.28 bits per heavy atom. The zero-order valence-corrected chi connectivity index (χ0v) is 10.00. The summed E-state index contributed by atoms with van der Waals surface area (Å²) in [5.41, 5.74) is 2.56. The molecule has 0 aromatic heterocycles. The minimum Gasteiger partial charge on any atom is -0.508 e. The second-order valence-corrected chi connectivity index (χ2v) is 4.19. The summed E-state index contributed by atoms with van der Waals surface area (Å²) >= 11 is 0. The third-order valence-corrected chi connectivity index (χ3v) is 2.98. The number of rotatable bonds is 3. The zero-order valence-electron chi connectivity index (χ0n) is 10.00. The van der Waals surface area contributed by atoms with Crippen LogP contribution in [0.4, 0.5) is 0 Å². The molecule has 0 aliphatic carbocycles. The molecule has 3 nitrogen and oxygen atoms in total. The first-order valence-electron chi connectivity index (χ1n) is 5.70. The van der Waals surface area contributed by atoms with Gasteiger partial charge in [-0.1, -0.05) is 36.4 Å². The van der Waals surface area contributed by atoms with Gasteiger partial charge in [-0.2, -0.15) is 0 Å². The molecule has 0 amide bonds. The molecule has 2 N–H and O–H groups in total. The van der Waals surface area contributed by atoms with Gasteiger partial charge in [-0.05, 0) is 35.7 Å². The lowest BCUT2D eigenvalue weighted by atomic mass is 9.92. The lowest BCUT2D eigenvalue weighted by molar-refractivity contribution is -0.138. The van der Waals surface area contributed by atoms with Crippen LogP contribution in [-0.2, 0) is 4.79 Å². The number of carboxylic acids is 1. The van der Waals surface area contributed by atoms with Gasteiger partial charge in [0, 0.05) is 0 Å². The van der Waals surface area contributed by atoms with Crippen molar-refractivity contribution in [2.45, 2.75) is 12.8 Å². The molecule has 2 aromatic rings. The predicted octanol–water partition coefficient (Wildman–Crippen LogP) is 3.25. The maximum atomic E-state index is 11.1. The lowest BCUT2D eigenvalue weighted by Gasteiger charge is -2.13. The molecular formula is C15H14O3. The minimum absolute atomic E-state index is 0.197. The second-order valence-electron chi connectivity index (χ2n) is 4.19. The molecule has 1 unspecified atom stereocenters. The maximum Gasteiger partial charge on any atom is 0.310 e. The van der Waals surface area contributed by atoms with Crippen LogP contribution >= 0.6 is 0 Å². The fraction of sp³-hybridized carbons (Fsp3) is 0.133. The summed E-state index contributed by atoms with van der Waals surface area (Å²) < 4.78 is 0. The van der Waals surface area contributed by atoms with Crippen LogP contribution in [0.1, 0.15) is 18.4 Å². The van der Waals surface area contributed by atoms with E-state index in [-0.39, 0.29) is 5.75 Å². The van der Waals surface area contributed by atoms with E-state index in [0.717, 1.165) is 16.7 Å². The van der Waals surface area contributed by atoms with Gasteiger partial charge >= 0.3 is 5.97 Å². The van der Waals surface area contributed by atoms with E-state index in [1.165, 1.54) is 0 Å². The largest absolute Gasteiger partial charge is 0.508 e. The first-order valence-corrected chi connectivity index (χ1v) is 5.70. The molecule has 2 aromatic carbocycles. The fourth-order valence-electron chi connectivity index (χ4n) is 1.91. The Balaban J connectivity index is 2.51. The fourth-order valence-corrected chi connectivity index (χ4v) is 1.91. The highest BCUT2D eigenvalue weighted by Gasteiger charge is 2.17. The molecule has 3 heteroatoms. The van der Waals surface area contributed by atoms with Gasteiger partial charge in [0.05, 0.1) is 5.92 Å². The number of carbonyl (C=O) groups is 1. The molecule has 92 valence electrons. The number of phenols is 1. The quantitative estimate of drug-likeness (QED) is 0.868. The first kappa shape index (κ1) is 12.2. The van der Waals surface area contributed by atoms with Crippen LogP contribution in [0.5, 0.6) is 5.75 Å². The summed E-state index contributed by atoms with van der Waals surface area (Å²) in [7, 11) is 0. The van der Waals surface area contributed by atoms with Crippen LogP contribution in [0, 0.1) is 0 Å². The van der Waals surface area contributed by atoms with E-state index < -0.39 is 11.9 Å². The molecule has 0 radical (unpaired) electrons. The Bertz CT molecular complexity index is 558. The number of hydrogen-bond donors (Lipinski definition) is 2. The van der Waals surface area contributed by atoms with Crippen molar-refractivity contribution in [3.8, 4) is 16.9 Å². The smallest absolute Gasteiger partial charge is 0.310 e. The molecule has 0 bridgehead atoms. The Morgan fingerprint density at radius 1 is 1.06 bits per heavy atom. The van der Waals surface area contributed by atoms with Gasteiger partial charge in [0.2, 0.25) is 0 Å². The van der Waals surface area contributed by atoms with Gasteiger partial charge in [-0.15, -0.1) is 0 Å². The Kier molecular flexibility index (Phi) is 3.33. The molecule has 0 aliphatic heterocycles. The van der Waals surface area contributed by atoms with Crippen LogP contribution in [0.3, 0.4) is 0 Å². The topological polar surface area (TPSA) is 57.5 Å². The van der Waals surface area contributed by atoms with Crippen LogP contribution in [-0.4, -0.2) is 16.2 Å². The number of carboxylic acid groups (broad SMARTS) is 1. The summed E-state index contributed by atoms with van der Waals surface area (Å²) in [5, 5.41) is 18.4. The molecular weight excluding hydrogens is 228 g/mol. The molecule has 1 atom stereocenters. The van der Waals surface area contributed by atoms with E-state index >= 15 is 0 Å². The third-order valence-electron chi connectivity index (χ3n) is 2.98. The summed E-state index contributed by atoms with van der Waals surface area (Å²) in [6.45, 7) is 1.67. The van der Waals surface area contributed by atoms with Gasteiger partial charge in [-0.25, -0.2) is 0 Å². The van der Waals surface area contributed by atoms with Gasteiger partial charge in [0.15, 0.2) is 0 Å². The molecule has 0 spiro atoms. The van der Waals surface area contributed by atoms with E-state index in [1.54, 1.807) is 31.2 Å². The van der Waals surface area contributed by atoms with Gasteiger partial charge < -0.3 is 10.2 Å². The van der Waals surface area contributed by atoms with E-state index in [4.69, 9.17) is 5.11 Å². The van der Waals surface area contributed by atoms with E-state index in [9.17, 15) is 9.90 Å². The minimum atomic E-state index is -0.846. The molecule has 0 saturated heterocycles. The number of benzene rings is 2. The standard InChI is InChI=1S/C15H14O3/c1-10(15(17)18)13-4-2-3-5-14(13)11-6-8-12(16)9-7-11/h2-10,16H,1H3,(H,17,18).